The first-order valence-electron chi connectivity index (χ1n) is 8.53. The van der Waals surface area contributed by atoms with Crippen molar-refractivity contribution < 1.29 is 14.3 Å². The van der Waals surface area contributed by atoms with E-state index >= 15 is 0 Å². The average molecular weight is 396 g/mol. The Bertz CT molecular complexity index is 955. The molecule has 1 heterocycles. The first-order chi connectivity index (χ1) is 13.6. The summed E-state index contributed by atoms with van der Waals surface area (Å²) in [5.74, 6) is 5.62. The topological polar surface area (TPSA) is 99.2 Å². The fourth-order valence-electron chi connectivity index (χ4n) is 2.49. The zero-order valence-corrected chi connectivity index (χ0v) is 16.1. The number of carbonyl (C=O) groups excluding carboxylic acids is 2. The van der Waals surface area contributed by atoms with Crippen molar-refractivity contribution in [3.05, 3.63) is 71.9 Å². The molecule has 0 unspecified atom stereocenters. The van der Waals surface area contributed by atoms with E-state index in [1.807, 2.05) is 30.3 Å². The largest absolute Gasteiger partial charge is 0.465 e. The minimum absolute atomic E-state index is 0.133. The monoisotopic (exact) mass is 396 g/mol. The number of methoxy groups -OCH3 is 1. The van der Waals surface area contributed by atoms with Crippen LogP contribution in [0.3, 0.4) is 0 Å². The van der Waals surface area contributed by atoms with Gasteiger partial charge in [-0.3, -0.25) is 4.79 Å². The van der Waals surface area contributed by atoms with E-state index in [2.05, 4.69) is 15.0 Å². The van der Waals surface area contributed by atoms with Gasteiger partial charge in [0.15, 0.2) is 5.16 Å². The predicted molar refractivity (Wildman–Crippen MR) is 108 cm³/mol. The zero-order valence-electron chi connectivity index (χ0n) is 15.3. The van der Waals surface area contributed by atoms with Crippen LogP contribution in [0.25, 0.3) is 11.3 Å². The highest BCUT2D eigenvalue weighted by Gasteiger charge is 2.11. The Morgan fingerprint density at radius 2 is 1.86 bits per heavy atom. The van der Waals surface area contributed by atoms with Crippen molar-refractivity contribution in [1.29, 1.82) is 0 Å². The molecule has 2 aromatic carbocycles. The maximum Gasteiger partial charge on any atom is 0.337 e. The number of nitrogen functional groups attached to an aromatic ring is 1. The lowest BCUT2D eigenvalue weighted by atomic mass is 10.1. The number of nitrogens with two attached hydrogens (primary N) is 1. The molecule has 0 spiro atoms. The number of carbonyl (C=O) groups is 2. The van der Waals surface area contributed by atoms with Crippen LogP contribution in [-0.4, -0.2) is 34.4 Å². The van der Waals surface area contributed by atoms with Gasteiger partial charge in [-0.25, -0.2) is 14.5 Å². The third-order valence-electron chi connectivity index (χ3n) is 3.96. The summed E-state index contributed by atoms with van der Waals surface area (Å²) >= 11 is 1.27. The van der Waals surface area contributed by atoms with Crippen molar-refractivity contribution in [2.45, 2.75) is 11.7 Å². The minimum Gasteiger partial charge on any atom is -0.465 e. The van der Waals surface area contributed by atoms with Gasteiger partial charge in [0.2, 0.25) is 5.91 Å². The molecule has 0 saturated carbocycles. The SMILES string of the molecule is COC(=O)c1ccc(CNC(=O)CSc2nc(-c3ccccc3)cn2N)cc1. The summed E-state index contributed by atoms with van der Waals surface area (Å²) in [6.07, 6.45) is 1.73. The van der Waals surface area contributed by atoms with Gasteiger partial charge in [-0.2, -0.15) is 0 Å². The lowest BCUT2D eigenvalue weighted by molar-refractivity contribution is -0.118. The summed E-state index contributed by atoms with van der Waals surface area (Å²) in [4.78, 5) is 28.0. The standard InChI is InChI=1S/C20H20N4O3S/c1-27-19(26)16-9-7-14(8-10-16)11-22-18(25)13-28-20-23-17(12-24(20)21)15-5-3-2-4-6-15/h2-10,12H,11,13,21H2,1H3,(H,22,25). The Balaban J connectivity index is 1.51. The van der Waals surface area contributed by atoms with Crippen molar-refractivity contribution >= 4 is 23.6 Å². The number of imidazole rings is 1. The number of amides is 1. The summed E-state index contributed by atoms with van der Waals surface area (Å²) in [6, 6.07) is 16.6. The van der Waals surface area contributed by atoms with Gasteiger partial charge in [-0.05, 0) is 17.7 Å². The Morgan fingerprint density at radius 1 is 1.14 bits per heavy atom. The Labute approximate surface area is 166 Å². The molecule has 3 aromatic rings. The zero-order chi connectivity index (χ0) is 19.9. The first-order valence-corrected chi connectivity index (χ1v) is 9.52. The van der Waals surface area contributed by atoms with Gasteiger partial charge in [0.1, 0.15) is 0 Å². The quantitative estimate of drug-likeness (QED) is 0.362. The molecule has 1 amide bonds. The van der Waals surface area contributed by atoms with Gasteiger partial charge < -0.3 is 15.9 Å². The van der Waals surface area contributed by atoms with Crippen LogP contribution in [0.2, 0.25) is 0 Å². The van der Waals surface area contributed by atoms with Gasteiger partial charge in [-0.15, -0.1) is 0 Å². The third-order valence-corrected chi connectivity index (χ3v) is 4.93. The molecule has 0 atom stereocenters. The smallest absolute Gasteiger partial charge is 0.337 e. The fourth-order valence-corrected chi connectivity index (χ4v) is 3.22. The predicted octanol–water partition coefficient (Wildman–Crippen LogP) is 2.46. The Kier molecular flexibility index (Phi) is 6.33. The molecule has 0 saturated heterocycles. The van der Waals surface area contributed by atoms with Crippen molar-refractivity contribution in [2.24, 2.45) is 0 Å². The van der Waals surface area contributed by atoms with E-state index in [4.69, 9.17) is 5.84 Å². The molecule has 0 bridgehead atoms. The molecule has 28 heavy (non-hydrogen) atoms. The van der Waals surface area contributed by atoms with Crippen LogP contribution >= 0.6 is 11.8 Å². The van der Waals surface area contributed by atoms with E-state index in [-0.39, 0.29) is 17.6 Å². The highest BCUT2D eigenvalue weighted by atomic mass is 32.2. The number of aromatic nitrogens is 2. The molecule has 0 aliphatic rings. The van der Waals surface area contributed by atoms with Gasteiger partial charge >= 0.3 is 5.97 Å². The van der Waals surface area contributed by atoms with Crippen molar-refractivity contribution in [1.82, 2.24) is 15.0 Å². The minimum atomic E-state index is -0.390. The summed E-state index contributed by atoms with van der Waals surface area (Å²) < 4.78 is 6.08. The normalized spacial score (nSPS) is 10.5. The van der Waals surface area contributed by atoms with E-state index in [0.29, 0.717) is 17.3 Å². The Morgan fingerprint density at radius 3 is 2.54 bits per heavy atom. The number of benzene rings is 2. The van der Waals surface area contributed by atoms with Gasteiger partial charge in [0.05, 0.1) is 30.3 Å². The second-order valence-electron chi connectivity index (χ2n) is 5.94. The molecule has 0 fully saturated rings. The second-order valence-corrected chi connectivity index (χ2v) is 6.88. The molecular weight excluding hydrogens is 376 g/mol. The van der Waals surface area contributed by atoms with Crippen molar-refractivity contribution in [2.75, 3.05) is 18.7 Å². The number of esters is 1. The van der Waals surface area contributed by atoms with Crippen LogP contribution < -0.4 is 11.2 Å². The Hall–Kier alpha value is -3.26. The molecule has 1 aromatic heterocycles. The maximum atomic E-state index is 12.1. The lowest BCUT2D eigenvalue weighted by Crippen LogP contribution is -2.25. The summed E-state index contributed by atoms with van der Waals surface area (Å²) in [7, 11) is 1.34. The molecule has 7 nitrogen and oxygen atoms in total. The van der Waals surface area contributed by atoms with Crippen LogP contribution in [-0.2, 0) is 16.1 Å². The van der Waals surface area contributed by atoms with Crippen molar-refractivity contribution in [3.63, 3.8) is 0 Å². The number of thioether (sulfide) groups is 1. The summed E-state index contributed by atoms with van der Waals surface area (Å²) in [5, 5.41) is 3.40. The highest BCUT2D eigenvalue weighted by molar-refractivity contribution is 7.99. The van der Waals surface area contributed by atoms with Crippen LogP contribution in [0.1, 0.15) is 15.9 Å². The number of nitrogens with zero attached hydrogens (tertiary/aromatic N) is 2. The first kappa shape index (κ1) is 19.5. The fraction of sp³-hybridized carbons (Fsp3) is 0.150. The van der Waals surface area contributed by atoms with Gasteiger partial charge in [0.25, 0.3) is 0 Å². The highest BCUT2D eigenvalue weighted by Crippen LogP contribution is 2.22. The van der Waals surface area contributed by atoms with Crippen molar-refractivity contribution in [3.8, 4) is 11.3 Å². The van der Waals surface area contributed by atoms with Crippen LogP contribution in [0.4, 0.5) is 0 Å². The molecule has 144 valence electrons. The number of nitrogens with one attached hydrogen (secondary N) is 1. The van der Waals surface area contributed by atoms with E-state index in [1.54, 1.807) is 30.5 Å². The summed E-state index contributed by atoms with van der Waals surface area (Å²) in [6.45, 7) is 0.368. The van der Waals surface area contributed by atoms with Gasteiger partial charge in [0, 0.05) is 12.1 Å². The van der Waals surface area contributed by atoms with Crippen LogP contribution in [0.5, 0.6) is 0 Å². The number of ether oxygens (including phenoxy) is 1. The van der Waals surface area contributed by atoms with Crippen LogP contribution in [0, 0.1) is 0 Å². The number of rotatable bonds is 7. The van der Waals surface area contributed by atoms with E-state index in [9.17, 15) is 9.59 Å². The molecule has 0 aliphatic carbocycles. The van der Waals surface area contributed by atoms with E-state index < -0.39 is 0 Å². The molecule has 3 rings (SSSR count). The van der Waals surface area contributed by atoms with Gasteiger partial charge in [-0.1, -0.05) is 54.2 Å². The summed E-state index contributed by atoms with van der Waals surface area (Å²) in [5.41, 5.74) is 3.08. The molecule has 0 aliphatic heterocycles. The molecule has 3 N–H and O–H groups in total. The van der Waals surface area contributed by atoms with Crippen LogP contribution in [0.15, 0.2) is 66.0 Å². The lowest BCUT2D eigenvalue weighted by Gasteiger charge is -2.06. The molecule has 8 heteroatoms. The maximum absolute atomic E-state index is 12.1. The third kappa shape index (κ3) is 4.92. The molecular formula is C20H20N4O3S. The van der Waals surface area contributed by atoms with E-state index in [1.165, 1.54) is 23.5 Å². The average Bonchev–Trinajstić information content (AvgIpc) is 3.11. The second kappa shape index (κ2) is 9.09. The number of hydrogen-bond acceptors (Lipinski definition) is 6. The number of hydrogen-bond donors (Lipinski definition) is 2. The van der Waals surface area contributed by atoms with E-state index in [0.717, 1.165) is 16.8 Å². The molecule has 0 radical (unpaired) electrons.